The Balaban J connectivity index is 1.77. The number of halogens is 3. The number of imidazole rings is 1. The molecule has 1 fully saturated rings. The van der Waals surface area contributed by atoms with Gasteiger partial charge >= 0.3 is 12.1 Å². The highest BCUT2D eigenvalue weighted by molar-refractivity contribution is 5.87. The number of alkyl halides is 3. The van der Waals surface area contributed by atoms with Crippen molar-refractivity contribution < 1.29 is 23.1 Å². The molecule has 0 saturated heterocycles. The zero-order valence-corrected chi connectivity index (χ0v) is 13.5. The number of pyridine rings is 1. The first kappa shape index (κ1) is 16.6. The summed E-state index contributed by atoms with van der Waals surface area (Å²) in [4.78, 5) is 22.3. The first-order valence-corrected chi connectivity index (χ1v) is 8.07. The van der Waals surface area contributed by atoms with Gasteiger partial charge in [0.25, 0.3) is 0 Å². The Bertz CT molecular complexity index is 989. The molecule has 1 aliphatic rings. The molecule has 1 aromatic carbocycles. The Labute approximate surface area is 145 Å². The van der Waals surface area contributed by atoms with Gasteiger partial charge in [0.1, 0.15) is 5.82 Å². The maximum atomic E-state index is 12.9. The first-order valence-electron chi connectivity index (χ1n) is 8.07. The van der Waals surface area contributed by atoms with Crippen molar-refractivity contribution in [3.8, 4) is 0 Å². The summed E-state index contributed by atoms with van der Waals surface area (Å²) in [6.45, 7) is 0. The third-order valence-corrected chi connectivity index (χ3v) is 5.01. The molecule has 0 radical (unpaired) electrons. The average molecular weight is 361 g/mol. The van der Waals surface area contributed by atoms with Crippen molar-refractivity contribution in [2.24, 2.45) is 0 Å². The molecule has 0 bridgehead atoms. The minimum absolute atomic E-state index is 0.185. The van der Waals surface area contributed by atoms with Gasteiger partial charge in [0, 0.05) is 6.20 Å². The van der Waals surface area contributed by atoms with E-state index in [4.69, 9.17) is 5.11 Å². The van der Waals surface area contributed by atoms with Crippen molar-refractivity contribution in [2.75, 3.05) is 0 Å². The van der Waals surface area contributed by atoms with E-state index in [1.54, 1.807) is 12.1 Å². The van der Waals surface area contributed by atoms with Crippen molar-refractivity contribution in [2.45, 2.75) is 30.9 Å². The van der Waals surface area contributed by atoms with E-state index in [1.165, 1.54) is 12.1 Å². The number of hydrogen-bond acceptors (Lipinski definition) is 3. The molecule has 0 atom stereocenters. The van der Waals surface area contributed by atoms with Gasteiger partial charge in [0.2, 0.25) is 0 Å². The summed E-state index contributed by atoms with van der Waals surface area (Å²) in [6.07, 6.45) is -1.16. The van der Waals surface area contributed by atoms with Crippen LogP contribution in [-0.2, 0) is 11.6 Å². The van der Waals surface area contributed by atoms with Crippen LogP contribution in [0.3, 0.4) is 0 Å². The smallest absolute Gasteiger partial charge is 0.417 e. The summed E-state index contributed by atoms with van der Waals surface area (Å²) < 4.78 is 38.6. The lowest BCUT2D eigenvalue weighted by atomic mass is 9.64. The number of H-pyrrole nitrogens is 1. The van der Waals surface area contributed by atoms with Crippen LogP contribution in [0.1, 0.15) is 46.6 Å². The number of nitrogens with zero attached hydrogens (tertiary/aromatic N) is 2. The SMILES string of the molecule is O=C(O)c1ccc(C2(c3nc4ncc(C(F)(F)F)cc4[nH]3)CCC2)cc1. The predicted molar refractivity (Wildman–Crippen MR) is 86.9 cm³/mol. The van der Waals surface area contributed by atoms with E-state index < -0.39 is 23.1 Å². The van der Waals surface area contributed by atoms with Gasteiger partial charge in [-0.15, -0.1) is 0 Å². The van der Waals surface area contributed by atoms with Gasteiger partial charge in [0.15, 0.2) is 5.65 Å². The number of benzene rings is 1. The van der Waals surface area contributed by atoms with E-state index in [0.717, 1.165) is 37.1 Å². The molecule has 0 aliphatic heterocycles. The third kappa shape index (κ3) is 2.53. The molecular formula is C18H14F3N3O2. The average Bonchev–Trinajstić information content (AvgIpc) is 2.96. The second-order valence-corrected chi connectivity index (χ2v) is 6.50. The summed E-state index contributed by atoms with van der Waals surface area (Å²) >= 11 is 0. The van der Waals surface area contributed by atoms with Crippen LogP contribution in [0, 0.1) is 0 Å². The molecule has 5 nitrogen and oxygen atoms in total. The van der Waals surface area contributed by atoms with Crippen molar-refractivity contribution in [1.29, 1.82) is 0 Å². The highest BCUT2D eigenvalue weighted by atomic mass is 19.4. The van der Waals surface area contributed by atoms with Crippen LogP contribution in [0.2, 0.25) is 0 Å². The zero-order valence-electron chi connectivity index (χ0n) is 13.5. The van der Waals surface area contributed by atoms with Gasteiger partial charge in [-0.2, -0.15) is 13.2 Å². The Morgan fingerprint density at radius 3 is 2.42 bits per heavy atom. The van der Waals surface area contributed by atoms with Crippen LogP contribution >= 0.6 is 0 Å². The third-order valence-electron chi connectivity index (χ3n) is 5.01. The summed E-state index contributed by atoms with van der Waals surface area (Å²) in [5, 5.41) is 9.04. The number of nitrogens with one attached hydrogen (secondary N) is 1. The molecule has 0 spiro atoms. The van der Waals surface area contributed by atoms with Crippen molar-refractivity contribution >= 4 is 17.1 Å². The minimum atomic E-state index is -4.46. The van der Waals surface area contributed by atoms with Crippen LogP contribution in [0.15, 0.2) is 36.5 Å². The second kappa shape index (κ2) is 5.55. The topological polar surface area (TPSA) is 78.9 Å². The molecule has 1 saturated carbocycles. The molecule has 26 heavy (non-hydrogen) atoms. The molecular weight excluding hydrogens is 347 g/mol. The normalized spacial score (nSPS) is 16.4. The molecule has 8 heteroatoms. The standard InChI is InChI=1S/C18H14F3N3O2/c19-18(20,21)12-8-13-14(22-9-12)24-16(23-13)17(6-1-7-17)11-4-2-10(3-5-11)15(25)26/h2-5,8-9H,1,6-7H2,(H,25,26)(H,22,23,24). The van der Waals surface area contributed by atoms with Gasteiger partial charge in [-0.1, -0.05) is 18.6 Å². The van der Waals surface area contributed by atoms with E-state index in [1.807, 2.05) is 0 Å². The van der Waals surface area contributed by atoms with E-state index in [9.17, 15) is 18.0 Å². The van der Waals surface area contributed by atoms with E-state index in [0.29, 0.717) is 5.82 Å². The highest BCUT2D eigenvalue weighted by Gasteiger charge is 2.43. The fourth-order valence-corrected chi connectivity index (χ4v) is 3.41. The molecule has 0 unspecified atom stereocenters. The Hall–Kier alpha value is -2.90. The van der Waals surface area contributed by atoms with Crippen molar-refractivity contribution in [3.63, 3.8) is 0 Å². The predicted octanol–water partition coefficient (Wildman–Crippen LogP) is 4.14. The number of carbonyl (C=O) groups is 1. The number of fused-ring (bicyclic) bond motifs is 1. The number of aromatic nitrogens is 3. The van der Waals surface area contributed by atoms with Crippen LogP contribution in [-0.4, -0.2) is 26.0 Å². The van der Waals surface area contributed by atoms with Crippen LogP contribution in [0.4, 0.5) is 13.2 Å². The summed E-state index contributed by atoms with van der Waals surface area (Å²) in [7, 11) is 0. The maximum absolute atomic E-state index is 12.9. The molecule has 3 aromatic rings. The van der Waals surface area contributed by atoms with Crippen molar-refractivity contribution in [3.05, 3.63) is 59.0 Å². The fraction of sp³-hybridized carbons (Fsp3) is 0.278. The summed E-state index contributed by atoms with van der Waals surface area (Å²) in [6, 6.07) is 7.55. The maximum Gasteiger partial charge on any atom is 0.417 e. The number of aromatic amines is 1. The van der Waals surface area contributed by atoms with Gasteiger partial charge in [-0.25, -0.2) is 14.8 Å². The lowest BCUT2D eigenvalue weighted by molar-refractivity contribution is -0.137. The fourth-order valence-electron chi connectivity index (χ4n) is 3.41. The molecule has 134 valence electrons. The Kier molecular flexibility index (Phi) is 3.54. The molecule has 2 heterocycles. The minimum Gasteiger partial charge on any atom is -0.478 e. The molecule has 2 N–H and O–H groups in total. The van der Waals surface area contributed by atoms with Crippen LogP contribution < -0.4 is 0 Å². The monoisotopic (exact) mass is 361 g/mol. The molecule has 0 amide bonds. The largest absolute Gasteiger partial charge is 0.478 e. The van der Waals surface area contributed by atoms with Crippen LogP contribution in [0.25, 0.3) is 11.2 Å². The highest BCUT2D eigenvalue weighted by Crippen LogP contribution is 2.48. The van der Waals surface area contributed by atoms with E-state index in [2.05, 4.69) is 15.0 Å². The van der Waals surface area contributed by atoms with E-state index >= 15 is 0 Å². The van der Waals surface area contributed by atoms with Gasteiger partial charge in [-0.05, 0) is 36.6 Å². The molecule has 2 aromatic heterocycles. The second-order valence-electron chi connectivity index (χ2n) is 6.50. The van der Waals surface area contributed by atoms with Gasteiger partial charge < -0.3 is 10.1 Å². The first-order chi connectivity index (χ1) is 12.3. The lowest BCUT2D eigenvalue weighted by Gasteiger charge is -2.40. The molecule has 4 rings (SSSR count). The Morgan fingerprint density at radius 1 is 1.19 bits per heavy atom. The Morgan fingerprint density at radius 2 is 1.88 bits per heavy atom. The zero-order chi connectivity index (χ0) is 18.5. The summed E-state index contributed by atoms with van der Waals surface area (Å²) in [5.41, 5.74) is 0.280. The number of carboxylic acids is 1. The molecule has 1 aliphatic carbocycles. The van der Waals surface area contributed by atoms with Gasteiger partial charge in [-0.3, -0.25) is 0 Å². The number of rotatable bonds is 3. The van der Waals surface area contributed by atoms with Gasteiger partial charge in [0.05, 0.1) is 22.1 Å². The quantitative estimate of drug-likeness (QED) is 0.735. The number of aromatic carboxylic acids is 1. The number of hydrogen-bond donors (Lipinski definition) is 2. The van der Waals surface area contributed by atoms with E-state index in [-0.39, 0.29) is 16.7 Å². The lowest BCUT2D eigenvalue weighted by Crippen LogP contribution is -2.36. The van der Waals surface area contributed by atoms with Crippen LogP contribution in [0.5, 0.6) is 0 Å². The van der Waals surface area contributed by atoms with Crippen molar-refractivity contribution in [1.82, 2.24) is 15.0 Å². The summed E-state index contributed by atoms with van der Waals surface area (Å²) in [5.74, 6) is -0.444. The number of carboxylic acid groups (broad SMARTS) is 1.